The van der Waals surface area contributed by atoms with Crippen molar-refractivity contribution >= 4 is 5.65 Å². The van der Waals surface area contributed by atoms with E-state index in [1.54, 1.807) is 6.20 Å². The minimum absolute atomic E-state index is 0.921. The molecule has 15 heavy (non-hydrogen) atoms. The van der Waals surface area contributed by atoms with Crippen LogP contribution < -0.4 is 0 Å². The number of rotatable bonds is 2. The molecule has 0 saturated heterocycles. The molecule has 0 saturated carbocycles. The van der Waals surface area contributed by atoms with E-state index in [0.717, 1.165) is 12.1 Å². The van der Waals surface area contributed by atoms with Crippen molar-refractivity contribution in [3.05, 3.63) is 60.0 Å². The van der Waals surface area contributed by atoms with E-state index < -0.39 is 0 Å². The highest BCUT2D eigenvalue weighted by molar-refractivity contribution is 5.40. The number of fused-ring (bicyclic) bond motifs is 1. The van der Waals surface area contributed by atoms with Gasteiger partial charge in [0, 0.05) is 30.6 Å². The van der Waals surface area contributed by atoms with E-state index in [-0.39, 0.29) is 0 Å². The Morgan fingerprint density at radius 2 is 2.07 bits per heavy atom. The van der Waals surface area contributed by atoms with Gasteiger partial charge in [0.15, 0.2) is 5.65 Å². The van der Waals surface area contributed by atoms with E-state index >= 15 is 0 Å². The van der Waals surface area contributed by atoms with Gasteiger partial charge in [0.05, 0.1) is 0 Å². The molecule has 3 nitrogen and oxygen atoms in total. The fourth-order valence-corrected chi connectivity index (χ4v) is 1.77. The van der Waals surface area contributed by atoms with Crippen molar-refractivity contribution in [3.8, 4) is 0 Å². The molecule has 0 aliphatic rings. The zero-order valence-electron chi connectivity index (χ0n) is 8.22. The summed E-state index contributed by atoms with van der Waals surface area (Å²) in [4.78, 5) is 4.21. The summed E-state index contributed by atoms with van der Waals surface area (Å²) >= 11 is 0. The molecule has 0 bridgehead atoms. The van der Waals surface area contributed by atoms with Gasteiger partial charge in [0.25, 0.3) is 0 Å². The van der Waals surface area contributed by atoms with Crippen LogP contribution in [-0.2, 0) is 6.42 Å². The van der Waals surface area contributed by atoms with Crippen LogP contribution in [0.2, 0.25) is 0 Å². The number of aromatic amines is 1. The molecule has 0 aliphatic carbocycles. The molecule has 0 radical (unpaired) electrons. The number of hydrogen-bond donors (Lipinski definition) is 1. The highest BCUT2D eigenvalue weighted by Gasteiger charge is 2.01. The van der Waals surface area contributed by atoms with Crippen molar-refractivity contribution in [3.63, 3.8) is 0 Å². The van der Waals surface area contributed by atoms with Crippen LogP contribution in [-0.4, -0.2) is 14.6 Å². The van der Waals surface area contributed by atoms with Crippen LogP contribution in [0.25, 0.3) is 5.65 Å². The normalized spacial score (nSPS) is 10.9. The summed E-state index contributed by atoms with van der Waals surface area (Å²) in [6.07, 6.45) is 4.63. The molecular weight excluding hydrogens is 186 g/mol. The summed E-state index contributed by atoms with van der Waals surface area (Å²) in [7, 11) is 0. The van der Waals surface area contributed by atoms with Crippen LogP contribution in [0.3, 0.4) is 0 Å². The number of imidazole rings is 1. The molecule has 3 aromatic rings. The largest absolute Gasteiger partial charge is 0.297 e. The molecular formula is C12H11N3. The van der Waals surface area contributed by atoms with Crippen molar-refractivity contribution in [1.82, 2.24) is 14.6 Å². The standard InChI is InChI=1S/C12H11N3/c1-2-4-10(5-3-1)8-11-9-12-13-6-7-15(12)14-11/h1-7,9,14H,8H2. The van der Waals surface area contributed by atoms with E-state index in [0.29, 0.717) is 0 Å². The van der Waals surface area contributed by atoms with Crippen molar-refractivity contribution in [2.75, 3.05) is 0 Å². The first-order chi connectivity index (χ1) is 7.42. The lowest BCUT2D eigenvalue weighted by atomic mass is 10.1. The smallest absolute Gasteiger partial charge is 0.153 e. The third-order valence-corrected chi connectivity index (χ3v) is 2.47. The van der Waals surface area contributed by atoms with Crippen LogP contribution in [0.15, 0.2) is 48.8 Å². The maximum Gasteiger partial charge on any atom is 0.153 e. The Morgan fingerprint density at radius 3 is 2.87 bits per heavy atom. The third kappa shape index (κ3) is 1.52. The van der Waals surface area contributed by atoms with Gasteiger partial charge in [-0.25, -0.2) is 9.50 Å². The summed E-state index contributed by atoms with van der Waals surface area (Å²) in [6.45, 7) is 0. The Hall–Kier alpha value is -2.03. The van der Waals surface area contributed by atoms with Crippen LogP contribution in [0, 0.1) is 0 Å². The van der Waals surface area contributed by atoms with E-state index in [9.17, 15) is 0 Å². The van der Waals surface area contributed by atoms with Gasteiger partial charge < -0.3 is 0 Å². The lowest BCUT2D eigenvalue weighted by molar-refractivity contribution is 0.917. The first kappa shape index (κ1) is 8.29. The number of nitrogens with zero attached hydrogens (tertiary/aromatic N) is 2. The van der Waals surface area contributed by atoms with Crippen molar-refractivity contribution < 1.29 is 0 Å². The fourth-order valence-electron chi connectivity index (χ4n) is 1.77. The molecule has 74 valence electrons. The highest BCUT2D eigenvalue weighted by Crippen LogP contribution is 2.09. The van der Waals surface area contributed by atoms with Gasteiger partial charge in [0.2, 0.25) is 0 Å². The zero-order valence-corrected chi connectivity index (χ0v) is 8.22. The first-order valence-corrected chi connectivity index (χ1v) is 4.97. The molecule has 2 heterocycles. The zero-order chi connectivity index (χ0) is 10.1. The molecule has 1 N–H and O–H groups in total. The number of aromatic nitrogens is 3. The van der Waals surface area contributed by atoms with Gasteiger partial charge in [-0.15, -0.1) is 0 Å². The Bertz CT molecular complexity index is 534. The Labute approximate surface area is 87.4 Å². The Balaban J connectivity index is 1.93. The second-order valence-electron chi connectivity index (χ2n) is 3.60. The molecule has 0 atom stereocenters. The van der Waals surface area contributed by atoms with Gasteiger partial charge in [-0.1, -0.05) is 30.3 Å². The number of benzene rings is 1. The van der Waals surface area contributed by atoms with Gasteiger partial charge in [-0.2, -0.15) is 0 Å². The Morgan fingerprint density at radius 1 is 1.20 bits per heavy atom. The second-order valence-corrected chi connectivity index (χ2v) is 3.60. The summed E-state index contributed by atoms with van der Waals surface area (Å²) in [5.74, 6) is 0. The van der Waals surface area contributed by atoms with Crippen LogP contribution >= 0.6 is 0 Å². The average Bonchev–Trinajstić information content (AvgIpc) is 2.79. The predicted molar refractivity (Wildman–Crippen MR) is 58.8 cm³/mol. The number of H-pyrrole nitrogens is 1. The molecule has 3 heteroatoms. The van der Waals surface area contributed by atoms with Gasteiger partial charge in [0.1, 0.15) is 0 Å². The van der Waals surface area contributed by atoms with E-state index in [1.807, 2.05) is 16.8 Å². The first-order valence-electron chi connectivity index (χ1n) is 4.97. The summed E-state index contributed by atoms with van der Waals surface area (Å²) < 4.78 is 1.93. The van der Waals surface area contributed by atoms with Gasteiger partial charge in [-0.3, -0.25) is 5.10 Å². The quantitative estimate of drug-likeness (QED) is 0.671. The SMILES string of the molecule is c1ccc(Cc2cc3nccn3[nH]2)cc1. The average molecular weight is 197 g/mol. The van der Waals surface area contributed by atoms with Crippen LogP contribution in [0.4, 0.5) is 0 Å². The molecule has 0 aliphatic heterocycles. The highest BCUT2D eigenvalue weighted by atomic mass is 15.3. The van der Waals surface area contributed by atoms with Crippen molar-refractivity contribution in [2.24, 2.45) is 0 Å². The molecule has 0 unspecified atom stereocenters. The minimum Gasteiger partial charge on any atom is -0.297 e. The topological polar surface area (TPSA) is 33.1 Å². The van der Waals surface area contributed by atoms with Crippen LogP contribution in [0.5, 0.6) is 0 Å². The van der Waals surface area contributed by atoms with Gasteiger partial charge >= 0.3 is 0 Å². The Kier molecular flexibility index (Phi) is 1.81. The van der Waals surface area contributed by atoms with E-state index in [1.165, 1.54) is 11.3 Å². The maximum atomic E-state index is 4.21. The summed E-state index contributed by atoms with van der Waals surface area (Å²) in [5.41, 5.74) is 3.47. The van der Waals surface area contributed by atoms with E-state index in [2.05, 4.69) is 40.4 Å². The molecule has 0 amide bonds. The summed E-state index contributed by atoms with van der Waals surface area (Å²) in [5, 5.41) is 3.28. The fraction of sp³-hybridized carbons (Fsp3) is 0.0833. The molecule has 0 fully saturated rings. The monoisotopic (exact) mass is 197 g/mol. The molecule has 2 aromatic heterocycles. The minimum atomic E-state index is 0.921. The third-order valence-electron chi connectivity index (χ3n) is 2.47. The predicted octanol–water partition coefficient (Wildman–Crippen LogP) is 2.25. The molecule has 1 aromatic carbocycles. The van der Waals surface area contributed by atoms with E-state index in [4.69, 9.17) is 0 Å². The van der Waals surface area contributed by atoms with Crippen LogP contribution in [0.1, 0.15) is 11.3 Å². The van der Waals surface area contributed by atoms with Gasteiger partial charge in [-0.05, 0) is 5.56 Å². The molecule has 3 rings (SSSR count). The molecule has 0 spiro atoms. The lowest BCUT2D eigenvalue weighted by Crippen LogP contribution is -1.89. The maximum absolute atomic E-state index is 4.21. The van der Waals surface area contributed by atoms with Crippen molar-refractivity contribution in [2.45, 2.75) is 6.42 Å². The van der Waals surface area contributed by atoms with Crippen molar-refractivity contribution in [1.29, 1.82) is 0 Å². The second kappa shape index (κ2) is 3.28. The number of hydrogen-bond acceptors (Lipinski definition) is 1. The summed E-state index contributed by atoms with van der Waals surface area (Å²) in [6, 6.07) is 12.5. The lowest BCUT2D eigenvalue weighted by Gasteiger charge is -1.96. The number of nitrogens with one attached hydrogen (secondary N) is 1.